The minimum absolute atomic E-state index is 0.687. The van der Waals surface area contributed by atoms with Crippen molar-refractivity contribution in [2.24, 2.45) is 5.92 Å². The fraction of sp³-hybridized carbons (Fsp3) is 0.529. The lowest BCUT2D eigenvalue weighted by Gasteiger charge is -2.34. The third kappa shape index (κ3) is 2.85. The van der Waals surface area contributed by atoms with Gasteiger partial charge in [0.25, 0.3) is 0 Å². The van der Waals surface area contributed by atoms with Crippen LogP contribution in [0.1, 0.15) is 38.2 Å². The molecule has 1 aromatic heterocycles. The number of hydrogen-bond donors (Lipinski definition) is 1. The summed E-state index contributed by atoms with van der Waals surface area (Å²) in [4.78, 5) is 0. The van der Waals surface area contributed by atoms with E-state index in [9.17, 15) is 0 Å². The largest absolute Gasteiger partial charge is 0.313 e. The van der Waals surface area contributed by atoms with Crippen molar-refractivity contribution in [3.8, 4) is 0 Å². The van der Waals surface area contributed by atoms with Crippen LogP contribution in [0, 0.1) is 5.92 Å². The van der Waals surface area contributed by atoms with Gasteiger partial charge in [-0.3, -0.25) is 0 Å². The average molecular weight is 273 g/mol. The van der Waals surface area contributed by atoms with Gasteiger partial charge in [0.2, 0.25) is 0 Å². The summed E-state index contributed by atoms with van der Waals surface area (Å²) in [5, 5.41) is 7.61. The Morgan fingerprint density at radius 1 is 1.32 bits per heavy atom. The molecule has 1 aliphatic rings. The second-order valence-electron chi connectivity index (χ2n) is 5.71. The lowest BCUT2D eigenvalue weighted by atomic mass is 9.77. The molecule has 1 heterocycles. The summed E-state index contributed by atoms with van der Waals surface area (Å²) in [6, 6.07) is 9.50. The van der Waals surface area contributed by atoms with Crippen LogP contribution in [-0.2, 0) is 6.42 Å². The SMILES string of the molecule is CCCNC(Cc1csc2ccccc12)C1CCC1. The van der Waals surface area contributed by atoms with Crippen LogP contribution < -0.4 is 5.32 Å². The Bertz CT molecular complexity index is 527. The van der Waals surface area contributed by atoms with E-state index in [1.165, 1.54) is 42.2 Å². The van der Waals surface area contributed by atoms with Gasteiger partial charge in [0, 0.05) is 10.7 Å². The summed E-state index contributed by atoms with van der Waals surface area (Å²) in [5.41, 5.74) is 1.54. The molecule has 1 saturated carbocycles. The van der Waals surface area contributed by atoms with E-state index in [0.29, 0.717) is 6.04 Å². The topological polar surface area (TPSA) is 12.0 Å². The lowest BCUT2D eigenvalue weighted by molar-refractivity contribution is 0.228. The van der Waals surface area contributed by atoms with E-state index in [2.05, 4.69) is 41.9 Å². The van der Waals surface area contributed by atoms with Crippen molar-refractivity contribution >= 4 is 21.4 Å². The standard InChI is InChI=1S/C17H23NS/c1-2-10-18-16(13-6-5-7-13)11-14-12-19-17-9-4-3-8-15(14)17/h3-4,8-9,12-13,16,18H,2,5-7,10-11H2,1H3. The third-order valence-electron chi connectivity index (χ3n) is 4.38. The Labute approximate surface area is 120 Å². The molecule has 1 fully saturated rings. The van der Waals surface area contributed by atoms with Gasteiger partial charge in [-0.1, -0.05) is 31.5 Å². The van der Waals surface area contributed by atoms with Gasteiger partial charge in [-0.05, 0) is 60.5 Å². The van der Waals surface area contributed by atoms with Gasteiger partial charge in [0.15, 0.2) is 0 Å². The van der Waals surface area contributed by atoms with Gasteiger partial charge >= 0.3 is 0 Å². The quantitative estimate of drug-likeness (QED) is 0.810. The molecule has 0 radical (unpaired) electrons. The van der Waals surface area contributed by atoms with Crippen LogP contribution in [-0.4, -0.2) is 12.6 Å². The van der Waals surface area contributed by atoms with Crippen molar-refractivity contribution in [3.63, 3.8) is 0 Å². The van der Waals surface area contributed by atoms with Crippen molar-refractivity contribution < 1.29 is 0 Å². The first-order chi connectivity index (χ1) is 9.38. The van der Waals surface area contributed by atoms with Gasteiger partial charge in [0.1, 0.15) is 0 Å². The molecular weight excluding hydrogens is 250 g/mol. The Morgan fingerprint density at radius 2 is 2.16 bits per heavy atom. The fourth-order valence-electron chi connectivity index (χ4n) is 3.01. The lowest BCUT2D eigenvalue weighted by Crippen LogP contribution is -2.41. The van der Waals surface area contributed by atoms with Gasteiger partial charge < -0.3 is 5.32 Å². The van der Waals surface area contributed by atoms with E-state index >= 15 is 0 Å². The average Bonchev–Trinajstić information content (AvgIpc) is 2.77. The number of thiophene rings is 1. The van der Waals surface area contributed by atoms with Crippen molar-refractivity contribution in [3.05, 3.63) is 35.2 Å². The molecule has 1 unspecified atom stereocenters. The van der Waals surface area contributed by atoms with Crippen LogP contribution >= 0.6 is 11.3 Å². The first-order valence-electron chi connectivity index (χ1n) is 7.57. The fourth-order valence-corrected chi connectivity index (χ4v) is 3.98. The smallest absolute Gasteiger partial charge is 0.0345 e. The first kappa shape index (κ1) is 13.1. The molecule has 102 valence electrons. The highest BCUT2D eigenvalue weighted by Crippen LogP contribution is 2.33. The van der Waals surface area contributed by atoms with Gasteiger partial charge in [-0.15, -0.1) is 11.3 Å². The molecule has 0 saturated heterocycles. The molecule has 3 rings (SSSR count). The number of benzene rings is 1. The summed E-state index contributed by atoms with van der Waals surface area (Å²) in [7, 11) is 0. The predicted molar refractivity (Wildman–Crippen MR) is 85.0 cm³/mol. The third-order valence-corrected chi connectivity index (χ3v) is 5.39. The second-order valence-corrected chi connectivity index (χ2v) is 6.62. The maximum Gasteiger partial charge on any atom is 0.0345 e. The Balaban J connectivity index is 1.76. The van der Waals surface area contributed by atoms with Crippen LogP contribution in [0.3, 0.4) is 0 Å². The zero-order valence-corrected chi connectivity index (χ0v) is 12.5. The number of nitrogens with one attached hydrogen (secondary N) is 1. The molecule has 1 N–H and O–H groups in total. The number of rotatable bonds is 6. The summed E-state index contributed by atoms with van der Waals surface area (Å²) >= 11 is 1.89. The van der Waals surface area contributed by atoms with E-state index in [-0.39, 0.29) is 0 Å². The molecule has 0 bridgehead atoms. The number of fused-ring (bicyclic) bond motifs is 1. The highest BCUT2D eigenvalue weighted by molar-refractivity contribution is 7.17. The van der Waals surface area contributed by atoms with Crippen LogP contribution in [0.4, 0.5) is 0 Å². The summed E-state index contributed by atoms with van der Waals surface area (Å²) < 4.78 is 1.43. The van der Waals surface area contributed by atoms with Gasteiger partial charge in [-0.2, -0.15) is 0 Å². The highest BCUT2D eigenvalue weighted by Gasteiger charge is 2.27. The van der Waals surface area contributed by atoms with Crippen molar-refractivity contribution in [1.82, 2.24) is 5.32 Å². The van der Waals surface area contributed by atoms with Crippen molar-refractivity contribution in [1.29, 1.82) is 0 Å². The van der Waals surface area contributed by atoms with E-state index in [4.69, 9.17) is 0 Å². The van der Waals surface area contributed by atoms with Crippen molar-refractivity contribution in [2.75, 3.05) is 6.54 Å². The van der Waals surface area contributed by atoms with Crippen LogP contribution in [0.2, 0.25) is 0 Å². The maximum atomic E-state index is 3.78. The summed E-state index contributed by atoms with van der Waals surface area (Å²) in [6.45, 7) is 3.41. The zero-order chi connectivity index (χ0) is 13.1. The molecule has 1 nitrogen and oxygen atoms in total. The van der Waals surface area contributed by atoms with Crippen LogP contribution in [0.25, 0.3) is 10.1 Å². The molecule has 1 aliphatic carbocycles. The molecule has 0 amide bonds. The summed E-state index contributed by atoms with van der Waals surface area (Å²) in [5.74, 6) is 0.908. The van der Waals surface area contributed by atoms with Crippen molar-refractivity contribution in [2.45, 2.75) is 45.1 Å². The molecule has 0 spiro atoms. The van der Waals surface area contributed by atoms with Crippen LogP contribution in [0.5, 0.6) is 0 Å². The summed E-state index contributed by atoms with van der Waals surface area (Å²) in [6.07, 6.45) is 6.70. The minimum atomic E-state index is 0.687. The maximum absolute atomic E-state index is 3.78. The Kier molecular flexibility index (Phi) is 4.19. The molecule has 2 heteroatoms. The first-order valence-corrected chi connectivity index (χ1v) is 8.45. The molecule has 2 aromatic rings. The normalized spacial score (nSPS) is 17.5. The zero-order valence-electron chi connectivity index (χ0n) is 11.7. The van der Waals surface area contributed by atoms with E-state index in [1.54, 1.807) is 5.56 Å². The second kappa shape index (κ2) is 6.06. The van der Waals surface area contributed by atoms with Gasteiger partial charge in [-0.25, -0.2) is 0 Å². The molecule has 1 atom stereocenters. The van der Waals surface area contributed by atoms with E-state index < -0.39 is 0 Å². The predicted octanol–water partition coefficient (Wildman–Crippen LogP) is 4.61. The molecule has 0 aliphatic heterocycles. The van der Waals surface area contributed by atoms with E-state index in [1.807, 2.05) is 11.3 Å². The highest BCUT2D eigenvalue weighted by atomic mass is 32.1. The Hall–Kier alpha value is -0.860. The molecular formula is C17H23NS. The number of hydrogen-bond acceptors (Lipinski definition) is 2. The molecule has 19 heavy (non-hydrogen) atoms. The Morgan fingerprint density at radius 3 is 2.89 bits per heavy atom. The van der Waals surface area contributed by atoms with E-state index in [0.717, 1.165) is 12.5 Å². The molecule has 1 aromatic carbocycles. The van der Waals surface area contributed by atoms with Crippen LogP contribution in [0.15, 0.2) is 29.6 Å². The monoisotopic (exact) mass is 273 g/mol. The minimum Gasteiger partial charge on any atom is -0.313 e. The van der Waals surface area contributed by atoms with Gasteiger partial charge in [0.05, 0.1) is 0 Å².